The Morgan fingerprint density at radius 1 is 1.28 bits per heavy atom. The van der Waals surface area contributed by atoms with Crippen molar-refractivity contribution in [3.8, 4) is 0 Å². The zero-order chi connectivity index (χ0) is 12.6. The second-order valence-electron chi connectivity index (χ2n) is 5.76. The summed E-state index contributed by atoms with van der Waals surface area (Å²) in [5, 5.41) is 0. The molecule has 1 heterocycles. The number of nitrogens with zero attached hydrogens (tertiary/aromatic N) is 1. The number of nitrogens with two attached hydrogens (primary N) is 1. The fraction of sp³-hybridized carbons (Fsp3) is 0.600. The van der Waals surface area contributed by atoms with E-state index in [1.165, 1.54) is 44.3 Å². The summed E-state index contributed by atoms with van der Waals surface area (Å²) in [6.07, 6.45) is 5.23. The first-order valence-electron chi connectivity index (χ1n) is 6.94. The average Bonchev–Trinajstić information content (AvgIpc) is 3.23. The van der Waals surface area contributed by atoms with Crippen LogP contribution < -0.4 is 5.73 Å². The van der Waals surface area contributed by atoms with Gasteiger partial charge in [-0.05, 0) is 56.5 Å². The summed E-state index contributed by atoms with van der Waals surface area (Å²) in [5.74, 6) is 0. The Kier molecular flexibility index (Phi) is 3.48. The van der Waals surface area contributed by atoms with Crippen LogP contribution >= 0.6 is 15.9 Å². The molecule has 98 valence electrons. The van der Waals surface area contributed by atoms with Crippen LogP contribution in [-0.2, 0) is 5.41 Å². The first-order chi connectivity index (χ1) is 8.73. The Morgan fingerprint density at radius 3 is 2.56 bits per heavy atom. The van der Waals surface area contributed by atoms with Crippen molar-refractivity contribution in [1.29, 1.82) is 0 Å². The van der Waals surface area contributed by atoms with Crippen molar-refractivity contribution in [3.63, 3.8) is 0 Å². The molecule has 0 spiro atoms. The van der Waals surface area contributed by atoms with E-state index in [9.17, 15) is 0 Å². The summed E-state index contributed by atoms with van der Waals surface area (Å²) in [4.78, 5) is 2.66. The third-order valence-electron chi connectivity index (χ3n) is 4.65. The minimum absolute atomic E-state index is 0.204. The van der Waals surface area contributed by atoms with Crippen molar-refractivity contribution < 1.29 is 0 Å². The standard InChI is InChI=1S/C15H21BrN2/c16-13-3-1-2-12(10-13)15(11-17)6-8-18(9-7-15)14-4-5-14/h1-3,10,14H,4-9,11,17H2. The predicted octanol–water partition coefficient (Wildman–Crippen LogP) is 2.90. The lowest BCUT2D eigenvalue weighted by Crippen LogP contribution is -2.47. The quantitative estimate of drug-likeness (QED) is 0.930. The van der Waals surface area contributed by atoms with Crippen LogP contribution in [0.5, 0.6) is 0 Å². The van der Waals surface area contributed by atoms with Crippen molar-refractivity contribution in [2.45, 2.75) is 37.1 Å². The van der Waals surface area contributed by atoms with Gasteiger partial charge in [0.1, 0.15) is 0 Å². The average molecular weight is 309 g/mol. The van der Waals surface area contributed by atoms with Gasteiger partial charge in [-0.1, -0.05) is 28.1 Å². The Balaban J connectivity index is 1.78. The van der Waals surface area contributed by atoms with Crippen molar-refractivity contribution in [3.05, 3.63) is 34.3 Å². The van der Waals surface area contributed by atoms with Crippen LogP contribution in [0.4, 0.5) is 0 Å². The number of halogens is 1. The maximum Gasteiger partial charge on any atom is 0.0178 e. The molecule has 0 atom stereocenters. The lowest BCUT2D eigenvalue weighted by Gasteiger charge is -2.42. The summed E-state index contributed by atoms with van der Waals surface area (Å²) in [6, 6.07) is 9.60. The molecule has 1 aromatic rings. The van der Waals surface area contributed by atoms with Gasteiger partial charge in [-0.25, -0.2) is 0 Å². The highest BCUT2D eigenvalue weighted by Crippen LogP contribution is 2.39. The lowest BCUT2D eigenvalue weighted by molar-refractivity contribution is 0.155. The zero-order valence-electron chi connectivity index (χ0n) is 10.7. The molecule has 0 unspecified atom stereocenters. The third kappa shape index (κ3) is 2.36. The van der Waals surface area contributed by atoms with Crippen molar-refractivity contribution in [2.75, 3.05) is 19.6 Å². The second kappa shape index (κ2) is 4.95. The van der Waals surface area contributed by atoms with Crippen LogP contribution in [0.2, 0.25) is 0 Å². The van der Waals surface area contributed by atoms with Crippen LogP contribution in [0, 0.1) is 0 Å². The molecule has 1 saturated carbocycles. The molecule has 3 heteroatoms. The lowest BCUT2D eigenvalue weighted by atomic mass is 9.73. The van der Waals surface area contributed by atoms with Gasteiger partial charge in [-0.3, -0.25) is 0 Å². The number of piperidine rings is 1. The van der Waals surface area contributed by atoms with Gasteiger partial charge in [0.05, 0.1) is 0 Å². The molecule has 2 aliphatic rings. The molecule has 2 N–H and O–H groups in total. The third-order valence-corrected chi connectivity index (χ3v) is 5.14. The fourth-order valence-electron chi connectivity index (χ4n) is 3.19. The molecule has 2 nitrogen and oxygen atoms in total. The number of likely N-dealkylation sites (tertiary alicyclic amines) is 1. The first-order valence-corrected chi connectivity index (χ1v) is 7.73. The van der Waals surface area contributed by atoms with Crippen LogP contribution in [0.1, 0.15) is 31.2 Å². The van der Waals surface area contributed by atoms with Gasteiger partial charge in [0, 0.05) is 22.5 Å². The molecule has 18 heavy (non-hydrogen) atoms. The molecule has 0 aromatic heterocycles. The zero-order valence-corrected chi connectivity index (χ0v) is 12.3. The molecule has 1 saturated heterocycles. The summed E-state index contributed by atoms with van der Waals surface area (Å²) in [5.41, 5.74) is 7.74. The van der Waals surface area contributed by atoms with Crippen LogP contribution in [0.3, 0.4) is 0 Å². The monoisotopic (exact) mass is 308 g/mol. The van der Waals surface area contributed by atoms with Crippen LogP contribution in [0.15, 0.2) is 28.7 Å². The number of rotatable bonds is 3. The molecule has 1 aliphatic carbocycles. The predicted molar refractivity (Wildman–Crippen MR) is 78.7 cm³/mol. The fourth-order valence-corrected chi connectivity index (χ4v) is 3.59. The van der Waals surface area contributed by atoms with Gasteiger partial charge in [-0.2, -0.15) is 0 Å². The van der Waals surface area contributed by atoms with E-state index in [-0.39, 0.29) is 5.41 Å². The van der Waals surface area contributed by atoms with E-state index in [1.54, 1.807) is 0 Å². The molecular weight excluding hydrogens is 288 g/mol. The van der Waals surface area contributed by atoms with Gasteiger partial charge < -0.3 is 10.6 Å². The van der Waals surface area contributed by atoms with Gasteiger partial charge in [-0.15, -0.1) is 0 Å². The minimum Gasteiger partial charge on any atom is -0.330 e. The van der Waals surface area contributed by atoms with Crippen molar-refractivity contribution in [2.24, 2.45) is 5.73 Å². The summed E-state index contributed by atoms with van der Waals surface area (Å²) < 4.78 is 1.16. The molecule has 0 bridgehead atoms. The molecule has 1 aliphatic heterocycles. The summed E-state index contributed by atoms with van der Waals surface area (Å²) >= 11 is 3.58. The van der Waals surface area contributed by atoms with Crippen molar-refractivity contribution >= 4 is 15.9 Å². The highest BCUT2D eigenvalue weighted by atomic mass is 79.9. The minimum atomic E-state index is 0.204. The first kappa shape index (κ1) is 12.6. The summed E-state index contributed by atoms with van der Waals surface area (Å²) in [6.45, 7) is 3.20. The largest absolute Gasteiger partial charge is 0.330 e. The second-order valence-corrected chi connectivity index (χ2v) is 6.68. The van der Waals surface area contributed by atoms with E-state index >= 15 is 0 Å². The van der Waals surface area contributed by atoms with Gasteiger partial charge in [0.15, 0.2) is 0 Å². The molecular formula is C15H21BrN2. The molecule has 0 radical (unpaired) electrons. The van der Waals surface area contributed by atoms with E-state index < -0.39 is 0 Å². The van der Waals surface area contributed by atoms with Crippen LogP contribution in [0.25, 0.3) is 0 Å². The number of benzene rings is 1. The Bertz CT molecular complexity index is 420. The van der Waals surface area contributed by atoms with Gasteiger partial charge in [0.25, 0.3) is 0 Å². The highest BCUT2D eigenvalue weighted by Gasteiger charge is 2.39. The highest BCUT2D eigenvalue weighted by molar-refractivity contribution is 9.10. The van der Waals surface area contributed by atoms with Gasteiger partial charge in [0.2, 0.25) is 0 Å². The van der Waals surface area contributed by atoms with E-state index in [1.807, 2.05) is 0 Å². The molecule has 2 fully saturated rings. The van der Waals surface area contributed by atoms with Crippen molar-refractivity contribution in [1.82, 2.24) is 4.90 Å². The van der Waals surface area contributed by atoms with E-state index in [0.29, 0.717) is 0 Å². The smallest absolute Gasteiger partial charge is 0.0178 e. The molecule has 1 aromatic carbocycles. The number of hydrogen-bond acceptors (Lipinski definition) is 2. The normalized spacial score (nSPS) is 24.1. The maximum absolute atomic E-state index is 6.12. The topological polar surface area (TPSA) is 29.3 Å². The Labute approximate surface area is 118 Å². The Morgan fingerprint density at radius 2 is 2.00 bits per heavy atom. The molecule has 3 rings (SSSR count). The van der Waals surface area contributed by atoms with Gasteiger partial charge >= 0.3 is 0 Å². The summed E-state index contributed by atoms with van der Waals surface area (Å²) in [7, 11) is 0. The Hall–Kier alpha value is -0.380. The van der Waals surface area contributed by atoms with E-state index in [2.05, 4.69) is 45.1 Å². The van der Waals surface area contributed by atoms with E-state index in [0.717, 1.165) is 17.1 Å². The SMILES string of the molecule is NCC1(c2cccc(Br)c2)CCN(C2CC2)CC1. The number of hydrogen-bond donors (Lipinski definition) is 1. The van der Waals surface area contributed by atoms with E-state index in [4.69, 9.17) is 5.73 Å². The van der Waals surface area contributed by atoms with Crippen LogP contribution in [-0.4, -0.2) is 30.6 Å². The maximum atomic E-state index is 6.12. The molecule has 0 amide bonds.